The van der Waals surface area contributed by atoms with E-state index in [2.05, 4.69) is 0 Å². The maximum atomic E-state index is 12.7. The van der Waals surface area contributed by atoms with E-state index in [-0.39, 0.29) is 24.9 Å². The van der Waals surface area contributed by atoms with Crippen molar-refractivity contribution in [1.82, 2.24) is 0 Å². The number of carbonyl (C=O) groups excluding carboxylic acids is 1. The smallest absolute Gasteiger partial charge is 0.339 e. The van der Waals surface area contributed by atoms with E-state index >= 15 is 0 Å². The Balaban J connectivity index is 1.96. The number of fused-ring (bicyclic) bond motifs is 3. The second kappa shape index (κ2) is 5.95. The van der Waals surface area contributed by atoms with E-state index in [0.29, 0.717) is 44.7 Å². The van der Waals surface area contributed by atoms with Crippen LogP contribution in [-0.2, 0) is 11.3 Å². The summed E-state index contributed by atoms with van der Waals surface area (Å²) < 4.78 is 27.3. The number of rotatable bonds is 3. The second-order valence-corrected chi connectivity index (χ2v) is 6.45. The van der Waals surface area contributed by atoms with Crippen molar-refractivity contribution >= 4 is 16.7 Å². The number of esters is 1. The zero-order valence-electron chi connectivity index (χ0n) is 15.2. The Morgan fingerprint density at radius 1 is 0.929 bits per heavy atom. The molecule has 2 aliphatic rings. The summed E-state index contributed by atoms with van der Waals surface area (Å²) in [6.45, 7) is 0.264. The standard InChI is InChI=1S/C21H16O7/c1-24-19-11-4-5-13(22)20(25-2)17(11)16(18-12(19)8-26-21(18)23)10-3-6-14-15(7-10)28-9-27-14/h3-7,22H,8-9H2,1-2H3. The summed E-state index contributed by atoms with van der Waals surface area (Å²) >= 11 is 0. The van der Waals surface area contributed by atoms with Crippen LogP contribution in [0.3, 0.4) is 0 Å². The molecule has 3 aromatic rings. The van der Waals surface area contributed by atoms with Gasteiger partial charge in [0.05, 0.1) is 19.8 Å². The van der Waals surface area contributed by atoms with E-state index in [0.717, 1.165) is 5.56 Å². The number of methoxy groups -OCH3 is 2. The van der Waals surface area contributed by atoms with E-state index in [1.54, 1.807) is 18.2 Å². The summed E-state index contributed by atoms with van der Waals surface area (Å²) in [5, 5.41) is 11.7. The van der Waals surface area contributed by atoms with E-state index < -0.39 is 5.97 Å². The highest BCUT2D eigenvalue weighted by molar-refractivity contribution is 6.15. The van der Waals surface area contributed by atoms with Crippen LogP contribution in [0.15, 0.2) is 30.3 Å². The first-order valence-electron chi connectivity index (χ1n) is 8.63. The summed E-state index contributed by atoms with van der Waals surface area (Å²) in [5.74, 6) is 1.51. The Bertz CT molecular complexity index is 1150. The van der Waals surface area contributed by atoms with Crippen LogP contribution in [0.25, 0.3) is 21.9 Å². The topological polar surface area (TPSA) is 83.5 Å². The lowest BCUT2D eigenvalue weighted by molar-refractivity contribution is 0.0535. The Hall–Kier alpha value is -3.61. The number of ether oxygens (including phenoxy) is 5. The molecule has 2 heterocycles. The Morgan fingerprint density at radius 3 is 2.50 bits per heavy atom. The van der Waals surface area contributed by atoms with Crippen LogP contribution in [0.4, 0.5) is 0 Å². The third-order valence-corrected chi connectivity index (χ3v) is 5.08. The van der Waals surface area contributed by atoms with Gasteiger partial charge in [-0.15, -0.1) is 0 Å². The van der Waals surface area contributed by atoms with E-state index in [9.17, 15) is 9.90 Å². The van der Waals surface area contributed by atoms with Crippen LogP contribution >= 0.6 is 0 Å². The van der Waals surface area contributed by atoms with Gasteiger partial charge in [-0.2, -0.15) is 0 Å². The average Bonchev–Trinajstić information content (AvgIpc) is 3.32. The van der Waals surface area contributed by atoms with Crippen molar-refractivity contribution in [3.05, 3.63) is 41.5 Å². The molecule has 0 radical (unpaired) electrons. The van der Waals surface area contributed by atoms with Gasteiger partial charge >= 0.3 is 5.97 Å². The molecule has 0 spiro atoms. The highest BCUT2D eigenvalue weighted by Gasteiger charge is 2.34. The Labute approximate surface area is 160 Å². The third-order valence-electron chi connectivity index (χ3n) is 5.08. The van der Waals surface area contributed by atoms with Crippen LogP contribution < -0.4 is 18.9 Å². The summed E-state index contributed by atoms with van der Waals surface area (Å²) in [6, 6.07) is 8.71. The first-order chi connectivity index (χ1) is 13.6. The Kier molecular flexibility index (Phi) is 3.52. The van der Waals surface area contributed by atoms with Crippen molar-refractivity contribution in [3.8, 4) is 39.9 Å². The number of phenols is 1. The van der Waals surface area contributed by atoms with Crippen molar-refractivity contribution in [2.24, 2.45) is 0 Å². The van der Waals surface area contributed by atoms with Gasteiger partial charge in [-0.1, -0.05) is 6.07 Å². The number of hydrogen-bond acceptors (Lipinski definition) is 7. The maximum Gasteiger partial charge on any atom is 0.339 e. The largest absolute Gasteiger partial charge is 0.504 e. The minimum atomic E-state index is -0.451. The van der Waals surface area contributed by atoms with E-state index in [1.165, 1.54) is 20.3 Å². The minimum absolute atomic E-state index is 0.0367. The van der Waals surface area contributed by atoms with Crippen LogP contribution in [0.1, 0.15) is 15.9 Å². The van der Waals surface area contributed by atoms with Gasteiger partial charge in [-0.05, 0) is 29.8 Å². The van der Waals surface area contributed by atoms with E-state index in [4.69, 9.17) is 23.7 Å². The van der Waals surface area contributed by atoms with Crippen molar-refractivity contribution < 1.29 is 33.6 Å². The van der Waals surface area contributed by atoms with Crippen LogP contribution in [0, 0.1) is 0 Å². The second-order valence-electron chi connectivity index (χ2n) is 6.45. The van der Waals surface area contributed by atoms with Gasteiger partial charge in [0.2, 0.25) is 6.79 Å². The molecule has 5 rings (SSSR count). The number of cyclic esters (lactones) is 1. The lowest BCUT2D eigenvalue weighted by atomic mass is 9.89. The van der Waals surface area contributed by atoms with Crippen LogP contribution in [-0.4, -0.2) is 32.1 Å². The molecule has 7 nitrogen and oxygen atoms in total. The zero-order chi connectivity index (χ0) is 19.4. The average molecular weight is 380 g/mol. The summed E-state index contributed by atoms with van der Waals surface area (Å²) in [4.78, 5) is 12.7. The predicted molar refractivity (Wildman–Crippen MR) is 99.4 cm³/mol. The molecule has 0 atom stereocenters. The lowest BCUT2D eigenvalue weighted by Gasteiger charge is -2.18. The SMILES string of the molecule is COc1c2c(c(-c3ccc4c(c3)OCO4)c3c(OC)c(O)ccc13)C(=O)OC2. The van der Waals surface area contributed by atoms with Crippen molar-refractivity contribution in [3.63, 3.8) is 0 Å². The van der Waals surface area contributed by atoms with Crippen molar-refractivity contribution in [2.45, 2.75) is 6.61 Å². The summed E-state index contributed by atoms with van der Waals surface area (Å²) in [6.07, 6.45) is 0. The van der Waals surface area contributed by atoms with Gasteiger partial charge < -0.3 is 28.8 Å². The van der Waals surface area contributed by atoms with Gasteiger partial charge in [0, 0.05) is 21.9 Å². The summed E-state index contributed by atoms with van der Waals surface area (Å²) in [5.41, 5.74) is 2.38. The molecule has 0 fully saturated rings. The van der Waals surface area contributed by atoms with Gasteiger partial charge in [-0.25, -0.2) is 4.79 Å². The highest BCUT2D eigenvalue weighted by atomic mass is 16.7. The van der Waals surface area contributed by atoms with Gasteiger partial charge in [0.15, 0.2) is 23.0 Å². The van der Waals surface area contributed by atoms with Crippen molar-refractivity contribution in [2.75, 3.05) is 21.0 Å². The molecule has 1 N–H and O–H groups in total. The molecule has 0 amide bonds. The van der Waals surface area contributed by atoms with Gasteiger partial charge in [0.25, 0.3) is 0 Å². The third kappa shape index (κ3) is 2.13. The fraction of sp³-hybridized carbons (Fsp3) is 0.190. The summed E-state index contributed by atoms with van der Waals surface area (Å²) in [7, 11) is 3.01. The fourth-order valence-electron chi connectivity index (χ4n) is 3.91. The highest BCUT2D eigenvalue weighted by Crippen LogP contribution is 2.51. The molecule has 0 bridgehead atoms. The van der Waals surface area contributed by atoms with Crippen LogP contribution in [0.2, 0.25) is 0 Å². The molecule has 3 aromatic carbocycles. The number of aromatic hydroxyl groups is 1. The molecule has 0 saturated carbocycles. The molecular weight excluding hydrogens is 364 g/mol. The van der Waals surface area contributed by atoms with Gasteiger partial charge in [0.1, 0.15) is 12.4 Å². The maximum absolute atomic E-state index is 12.7. The van der Waals surface area contributed by atoms with Gasteiger partial charge in [-0.3, -0.25) is 0 Å². The molecule has 142 valence electrons. The molecule has 28 heavy (non-hydrogen) atoms. The molecule has 0 aliphatic carbocycles. The lowest BCUT2D eigenvalue weighted by Crippen LogP contribution is -2.02. The Morgan fingerprint density at radius 2 is 1.71 bits per heavy atom. The normalized spacial score (nSPS) is 14.1. The first kappa shape index (κ1) is 16.6. The number of carbonyl (C=O) groups is 1. The molecule has 7 heteroatoms. The number of hydrogen-bond donors (Lipinski definition) is 1. The zero-order valence-corrected chi connectivity index (χ0v) is 15.2. The van der Waals surface area contributed by atoms with E-state index in [1.807, 2.05) is 6.07 Å². The number of phenolic OH excluding ortho intramolecular Hbond substituents is 1. The minimum Gasteiger partial charge on any atom is -0.504 e. The van der Waals surface area contributed by atoms with Crippen molar-refractivity contribution in [1.29, 1.82) is 0 Å². The quantitative estimate of drug-likeness (QED) is 0.695. The monoisotopic (exact) mass is 380 g/mol. The predicted octanol–water partition coefficient (Wildman–Crippen LogP) is 3.63. The fourth-order valence-corrected chi connectivity index (χ4v) is 3.91. The van der Waals surface area contributed by atoms with Crippen LogP contribution in [0.5, 0.6) is 28.7 Å². The number of benzene rings is 3. The molecule has 0 unspecified atom stereocenters. The molecule has 0 saturated heterocycles. The molecule has 0 aromatic heterocycles. The molecule has 2 aliphatic heterocycles. The molecular formula is C21H16O7. The first-order valence-corrected chi connectivity index (χ1v) is 8.63.